The lowest BCUT2D eigenvalue weighted by atomic mass is 10.1. The van der Waals surface area contributed by atoms with Crippen LogP contribution in [-0.4, -0.2) is 39.2 Å². The number of nitrogens with two attached hydrogens (primary N) is 1. The Morgan fingerprint density at radius 1 is 1.16 bits per heavy atom. The smallest absolute Gasteiger partial charge is 0.243 e. The third-order valence-electron chi connectivity index (χ3n) is 5.32. The molecule has 1 aromatic carbocycles. The number of hydrogen-bond acceptors (Lipinski definition) is 5. The van der Waals surface area contributed by atoms with Crippen molar-refractivity contribution < 1.29 is 9.59 Å². The highest BCUT2D eigenvalue weighted by molar-refractivity contribution is 5.96. The van der Waals surface area contributed by atoms with E-state index in [0.717, 1.165) is 48.6 Å². The van der Waals surface area contributed by atoms with Gasteiger partial charge in [0, 0.05) is 24.2 Å². The number of aromatic nitrogens is 3. The van der Waals surface area contributed by atoms with Crippen molar-refractivity contribution in [2.75, 3.05) is 11.9 Å². The number of fused-ring (bicyclic) bond motifs is 1. The molecule has 2 aromatic rings. The summed E-state index contributed by atoms with van der Waals surface area (Å²) < 4.78 is 2.18. The Kier molecular flexibility index (Phi) is 10.4. The average molecular weight is 471 g/mol. The fourth-order valence-corrected chi connectivity index (χ4v) is 3.38. The summed E-state index contributed by atoms with van der Waals surface area (Å²) in [4.78, 5) is 24.3. The maximum Gasteiger partial charge on any atom is 0.243 e. The van der Waals surface area contributed by atoms with E-state index in [9.17, 15) is 9.59 Å². The molecule has 4 N–H and O–H groups in total. The maximum absolute atomic E-state index is 12.3. The molecule has 0 saturated carbocycles. The molecular weight excluding hydrogens is 439 g/mol. The summed E-state index contributed by atoms with van der Waals surface area (Å²) in [5.74, 6) is 1.23. The van der Waals surface area contributed by atoms with Crippen LogP contribution < -0.4 is 16.4 Å². The number of anilines is 1. The van der Waals surface area contributed by atoms with Crippen molar-refractivity contribution in [2.24, 2.45) is 11.7 Å². The number of halogens is 2. The number of carbonyl (C=O) groups excluding carboxylic acids is 2. The lowest BCUT2D eigenvalue weighted by molar-refractivity contribution is -0.125. The predicted octanol–water partition coefficient (Wildman–Crippen LogP) is 2.86. The van der Waals surface area contributed by atoms with Crippen LogP contribution in [0.25, 0.3) is 11.4 Å². The highest BCUT2D eigenvalue weighted by Gasteiger charge is 2.19. The van der Waals surface area contributed by atoms with Gasteiger partial charge in [0.05, 0.1) is 12.6 Å². The van der Waals surface area contributed by atoms with Crippen molar-refractivity contribution in [1.29, 1.82) is 0 Å². The molecule has 31 heavy (non-hydrogen) atoms. The normalized spacial score (nSPS) is 13.8. The van der Waals surface area contributed by atoms with Gasteiger partial charge in [0.25, 0.3) is 0 Å². The summed E-state index contributed by atoms with van der Waals surface area (Å²) in [6.07, 6.45) is 4.40. The molecule has 0 aliphatic carbocycles. The van der Waals surface area contributed by atoms with Gasteiger partial charge in [-0.1, -0.05) is 32.4 Å². The van der Waals surface area contributed by atoms with Gasteiger partial charge in [0.1, 0.15) is 5.82 Å². The van der Waals surface area contributed by atoms with Gasteiger partial charge in [-0.2, -0.15) is 0 Å². The molecule has 10 heteroatoms. The fourth-order valence-electron chi connectivity index (χ4n) is 3.38. The van der Waals surface area contributed by atoms with Crippen LogP contribution >= 0.6 is 24.8 Å². The number of carbonyl (C=O) groups is 2. The molecule has 0 spiro atoms. The molecule has 1 aliphatic rings. The summed E-state index contributed by atoms with van der Waals surface area (Å²) in [5, 5.41) is 14.2. The first kappa shape index (κ1) is 26.9. The second kappa shape index (κ2) is 12.0. The van der Waals surface area contributed by atoms with Crippen LogP contribution in [0.1, 0.15) is 44.5 Å². The Bertz CT molecular complexity index is 900. The topological polar surface area (TPSA) is 115 Å². The third kappa shape index (κ3) is 6.66. The van der Waals surface area contributed by atoms with Crippen LogP contribution in [0.15, 0.2) is 18.2 Å². The first-order chi connectivity index (χ1) is 13.9. The summed E-state index contributed by atoms with van der Waals surface area (Å²) >= 11 is 0. The van der Waals surface area contributed by atoms with Gasteiger partial charge in [0.15, 0.2) is 5.82 Å². The minimum atomic E-state index is -0.629. The number of rotatable bonds is 6. The van der Waals surface area contributed by atoms with Crippen molar-refractivity contribution >= 4 is 42.3 Å². The lowest BCUT2D eigenvalue weighted by Gasteiger charge is -2.16. The van der Waals surface area contributed by atoms with E-state index in [2.05, 4.69) is 25.4 Å². The first-order valence-electron chi connectivity index (χ1n) is 10.2. The van der Waals surface area contributed by atoms with E-state index >= 15 is 0 Å². The molecule has 172 valence electrons. The Balaban J connectivity index is 0.00000240. The molecule has 3 rings (SSSR count). The van der Waals surface area contributed by atoms with Crippen molar-refractivity contribution in [3.05, 3.63) is 29.6 Å². The van der Waals surface area contributed by atoms with Crippen LogP contribution in [0.5, 0.6) is 0 Å². The molecular formula is C21H32Cl2N6O2. The van der Waals surface area contributed by atoms with Crippen molar-refractivity contribution in [2.45, 2.75) is 59.0 Å². The molecule has 8 nitrogen and oxygen atoms in total. The van der Waals surface area contributed by atoms with E-state index in [1.54, 1.807) is 0 Å². The quantitative estimate of drug-likeness (QED) is 0.600. The minimum absolute atomic E-state index is 0. The fraction of sp³-hybridized carbons (Fsp3) is 0.524. The molecule has 0 saturated heterocycles. The second-order valence-corrected chi connectivity index (χ2v) is 7.97. The Labute approximate surface area is 195 Å². The van der Waals surface area contributed by atoms with E-state index in [4.69, 9.17) is 5.73 Å². The molecule has 0 unspecified atom stereocenters. The van der Waals surface area contributed by atoms with E-state index in [-0.39, 0.29) is 49.1 Å². The van der Waals surface area contributed by atoms with Gasteiger partial charge in [-0.3, -0.25) is 9.59 Å². The number of amides is 2. The number of nitrogens with one attached hydrogen (secondary N) is 2. The molecule has 0 radical (unpaired) electrons. The summed E-state index contributed by atoms with van der Waals surface area (Å²) in [6, 6.07) is 5.24. The SMILES string of the molecule is Cc1ccc(-c2nnc3n2CCCCC3)cc1NC(=O)CNC(=O)[C@@H](N)C(C)C.Cl.Cl. The van der Waals surface area contributed by atoms with E-state index in [0.29, 0.717) is 5.69 Å². The highest BCUT2D eigenvalue weighted by atomic mass is 35.5. The van der Waals surface area contributed by atoms with Crippen LogP contribution in [0.2, 0.25) is 0 Å². The van der Waals surface area contributed by atoms with E-state index in [1.165, 1.54) is 6.42 Å². The molecule has 2 heterocycles. The molecule has 1 aromatic heterocycles. The second-order valence-electron chi connectivity index (χ2n) is 7.97. The zero-order valence-electron chi connectivity index (χ0n) is 18.2. The Morgan fingerprint density at radius 2 is 1.90 bits per heavy atom. The van der Waals surface area contributed by atoms with Gasteiger partial charge in [0.2, 0.25) is 11.8 Å². The Morgan fingerprint density at radius 3 is 2.61 bits per heavy atom. The van der Waals surface area contributed by atoms with Gasteiger partial charge < -0.3 is 20.9 Å². The highest BCUT2D eigenvalue weighted by Crippen LogP contribution is 2.26. The van der Waals surface area contributed by atoms with E-state index in [1.807, 2.05) is 39.0 Å². The summed E-state index contributed by atoms with van der Waals surface area (Å²) in [7, 11) is 0. The molecule has 0 bridgehead atoms. The van der Waals surface area contributed by atoms with Crippen LogP contribution in [0, 0.1) is 12.8 Å². The summed E-state index contributed by atoms with van der Waals surface area (Å²) in [5.41, 5.74) is 8.35. The van der Waals surface area contributed by atoms with Crippen molar-refractivity contribution in [3.63, 3.8) is 0 Å². The summed E-state index contributed by atoms with van der Waals surface area (Å²) in [6.45, 7) is 6.45. The lowest BCUT2D eigenvalue weighted by Crippen LogP contribution is -2.46. The zero-order chi connectivity index (χ0) is 21.0. The number of nitrogens with zero attached hydrogens (tertiary/aromatic N) is 3. The van der Waals surface area contributed by atoms with Crippen LogP contribution in [-0.2, 0) is 22.6 Å². The van der Waals surface area contributed by atoms with Gasteiger partial charge in [-0.15, -0.1) is 35.0 Å². The molecule has 1 atom stereocenters. The van der Waals surface area contributed by atoms with Gasteiger partial charge >= 0.3 is 0 Å². The van der Waals surface area contributed by atoms with E-state index < -0.39 is 6.04 Å². The standard InChI is InChI=1S/C21H30N6O2.2ClH/c1-13(2)19(22)21(29)23-12-18(28)24-16-11-15(9-8-14(16)3)20-26-25-17-7-5-4-6-10-27(17)20;;/h8-9,11,13,19H,4-7,10,12,22H2,1-3H3,(H,23,29)(H,24,28);2*1H/t19-;;/m0../s1. The monoisotopic (exact) mass is 470 g/mol. The maximum atomic E-state index is 12.3. The average Bonchev–Trinajstić information content (AvgIpc) is 2.95. The van der Waals surface area contributed by atoms with Gasteiger partial charge in [-0.25, -0.2) is 0 Å². The first-order valence-corrected chi connectivity index (χ1v) is 10.2. The zero-order valence-corrected chi connectivity index (χ0v) is 19.8. The molecule has 2 amide bonds. The number of hydrogen-bond donors (Lipinski definition) is 3. The number of benzene rings is 1. The predicted molar refractivity (Wildman–Crippen MR) is 127 cm³/mol. The van der Waals surface area contributed by atoms with Crippen LogP contribution in [0.4, 0.5) is 5.69 Å². The Hall–Kier alpha value is -2.16. The minimum Gasteiger partial charge on any atom is -0.346 e. The van der Waals surface area contributed by atoms with Crippen molar-refractivity contribution in [3.8, 4) is 11.4 Å². The number of aryl methyl sites for hydroxylation is 2. The van der Waals surface area contributed by atoms with Gasteiger partial charge in [-0.05, 0) is 37.3 Å². The third-order valence-corrected chi connectivity index (χ3v) is 5.32. The largest absolute Gasteiger partial charge is 0.346 e. The molecule has 0 fully saturated rings. The van der Waals surface area contributed by atoms with Crippen LogP contribution in [0.3, 0.4) is 0 Å². The van der Waals surface area contributed by atoms with Crippen molar-refractivity contribution in [1.82, 2.24) is 20.1 Å². The molecule has 1 aliphatic heterocycles.